The summed E-state index contributed by atoms with van der Waals surface area (Å²) in [4.78, 5) is 22.4. The van der Waals surface area contributed by atoms with E-state index in [1.165, 1.54) is 4.88 Å². The monoisotopic (exact) mass is 359 g/mol. The van der Waals surface area contributed by atoms with E-state index in [4.69, 9.17) is 4.74 Å². The van der Waals surface area contributed by atoms with Gasteiger partial charge in [-0.15, -0.1) is 11.3 Å². The minimum atomic E-state index is -0.385. The maximum atomic E-state index is 12.3. The van der Waals surface area contributed by atoms with Gasteiger partial charge in [0.2, 0.25) is 0 Å². The lowest BCUT2D eigenvalue weighted by molar-refractivity contribution is -0.0760. The van der Waals surface area contributed by atoms with Gasteiger partial charge >= 0.3 is 0 Å². The number of carbonyl (C=O) groups excluding carboxylic acids is 1. The predicted octanol–water partition coefficient (Wildman–Crippen LogP) is 4.01. The van der Waals surface area contributed by atoms with E-state index in [1.54, 1.807) is 23.7 Å². The third-order valence-electron chi connectivity index (χ3n) is 4.55. The molecule has 0 radical (unpaired) electrons. The first-order valence-electron chi connectivity index (χ1n) is 8.80. The number of aromatic nitrogens is 2. The molecule has 0 aromatic carbocycles. The molecule has 0 bridgehead atoms. The fourth-order valence-corrected chi connectivity index (χ4v) is 3.79. The van der Waals surface area contributed by atoms with Crippen molar-refractivity contribution in [3.63, 3.8) is 0 Å². The van der Waals surface area contributed by atoms with Gasteiger partial charge in [0, 0.05) is 41.4 Å². The van der Waals surface area contributed by atoms with E-state index in [0.717, 1.165) is 37.3 Å². The highest BCUT2D eigenvalue weighted by Crippen LogP contribution is 2.32. The molecule has 2 aromatic rings. The van der Waals surface area contributed by atoms with Gasteiger partial charge in [-0.1, -0.05) is 13.8 Å². The van der Waals surface area contributed by atoms with Gasteiger partial charge < -0.3 is 10.1 Å². The zero-order valence-electron chi connectivity index (χ0n) is 15.0. The molecular formula is C19H25N3O2S. The summed E-state index contributed by atoms with van der Waals surface area (Å²) >= 11 is 1.63. The molecule has 1 saturated heterocycles. The molecule has 134 valence electrons. The van der Waals surface area contributed by atoms with Gasteiger partial charge in [0.15, 0.2) is 5.82 Å². The van der Waals surface area contributed by atoms with Crippen molar-refractivity contribution in [1.82, 2.24) is 15.3 Å². The number of rotatable bonds is 5. The van der Waals surface area contributed by atoms with Crippen molar-refractivity contribution in [1.29, 1.82) is 0 Å². The van der Waals surface area contributed by atoms with Crippen LogP contribution in [0.2, 0.25) is 0 Å². The van der Waals surface area contributed by atoms with Crippen molar-refractivity contribution in [3.05, 3.63) is 45.7 Å². The van der Waals surface area contributed by atoms with Crippen LogP contribution in [-0.4, -0.2) is 22.5 Å². The Balaban J connectivity index is 1.58. The van der Waals surface area contributed by atoms with Crippen molar-refractivity contribution in [2.45, 2.75) is 58.1 Å². The molecule has 0 spiro atoms. The summed E-state index contributed by atoms with van der Waals surface area (Å²) in [7, 11) is 0. The molecule has 3 heterocycles. The first-order valence-corrected chi connectivity index (χ1v) is 9.68. The molecule has 5 nitrogen and oxygen atoms in total. The number of hydrogen-bond donors (Lipinski definition) is 1. The Morgan fingerprint density at radius 1 is 1.36 bits per heavy atom. The molecule has 0 aliphatic carbocycles. The zero-order chi connectivity index (χ0) is 17.9. The molecule has 0 unspecified atom stereocenters. The summed E-state index contributed by atoms with van der Waals surface area (Å²) in [5.41, 5.74) is 1.22. The summed E-state index contributed by atoms with van der Waals surface area (Å²) in [5.74, 6) is 1.10. The fraction of sp³-hybridized carbons (Fsp3) is 0.526. The van der Waals surface area contributed by atoms with Gasteiger partial charge in [0.1, 0.15) is 5.60 Å². The van der Waals surface area contributed by atoms with E-state index in [-0.39, 0.29) is 11.5 Å². The first-order chi connectivity index (χ1) is 12.0. The predicted molar refractivity (Wildman–Crippen MR) is 98.8 cm³/mol. The minimum Gasteiger partial charge on any atom is -0.367 e. The normalized spacial score (nSPS) is 20.6. The van der Waals surface area contributed by atoms with Crippen molar-refractivity contribution >= 4 is 17.2 Å². The third-order valence-corrected chi connectivity index (χ3v) is 5.78. The summed E-state index contributed by atoms with van der Waals surface area (Å²) in [6.07, 6.45) is 6.73. The molecule has 1 aliphatic rings. The lowest BCUT2D eigenvalue weighted by Crippen LogP contribution is -2.32. The van der Waals surface area contributed by atoms with Crippen molar-refractivity contribution in [2.24, 2.45) is 0 Å². The molecule has 2 aromatic heterocycles. The smallest absolute Gasteiger partial charge is 0.252 e. The van der Waals surface area contributed by atoms with Crippen LogP contribution in [0.15, 0.2) is 23.8 Å². The van der Waals surface area contributed by atoms with Crippen LogP contribution >= 0.6 is 11.3 Å². The van der Waals surface area contributed by atoms with E-state index < -0.39 is 0 Å². The quantitative estimate of drug-likeness (QED) is 0.876. The molecule has 25 heavy (non-hydrogen) atoms. The van der Waals surface area contributed by atoms with Crippen LogP contribution < -0.4 is 5.32 Å². The highest BCUT2D eigenvalue weighted by Gasteiger charge is 2.32. The lowest BCUT2D eigenvalue weighted by Gasteiger charge is -2.32. The van der Waals surface area contributed by atoms with E-state index in [9.17, 15) is 4.79 Å². The van der Waals surface area contributed by atoms with Gasteiger partial charge in [-0.3, -0.25) is 4.79 Å². The van der Waals surface area contributed by atoms with E-state index in [2.05, 4.69) is 29.1 Å². The molecule has 1 aliphatic heterocycles. The highest BCUT2D eigenvalue weighted by atomic mass is 32.1. The van der Waals surface area contributed by atoms with Crippen molar-refractivity contribution < 1.29 is 9.53 Å². The average molecular weight is 359 g/mol. The van der Waals surface area contributed by atoms with Gasteiger partial charge in [-0.05, 0) is 38.2 Å². The molecule has 1 fully saturated rings. The zero-order valence-corrected chi connectivity index (χ0v) is 15.9. The minimum absolute atomic E-state index is 0.0604. The Kier molecular flexibility index (Phi) is 5.49. The van der Waals surface area contributed by atoms with Gasteiger partial charge in [0.05, 0.1) is 5.56 Å². The molecule has 1 N–H and O–H groups in total. The largest absolute Gasteiger partial charge is 0.367 e. The second kappa shape index (κ2) is 7.62. The maximum Gasteiger partial charge on any atom is 0.252 e. The summed E-state index contributed by atoms with van der Waals surface area (Å²) < 4.78 is 5.88. The Bertz CT molecular complexity index is 719. The molecule has 6 heteroatoms. The van der Waals surface area contributed by atoms with Gasteiger partial charge in [-0.2, -0.15) is 0 Å². The fourth-order valence-electron chi connectivity index (χ4n) is 2.89. The van der Waals surface area contributed by atoms with E-state index >= 15 is 0 Å². The maximum absolute atomic E-state index is 12.3. The summed E-state index contributed by atoms with van der Waals surface area (Å²) in [6, 6.07) is 1.96. The van der Waals surface area contributed by atoms with Crippen molar-refractivity contribution in [3.8, 4) is 0 Å². The topological polar surface area (TPSA) is 64.1 Å². The number of hydrogen-bond acceptors (Lipinski definition) is 5. The van der Waals surface area contributed by atoms with E-state index in [0.29, 0.717) is 18.0 Å². The third kappa shape index (κ3) is 4.25. The highest BCUT2D eigenvalue weighted by molar-refractivity contribution is 7.10. The number of thiophene rings is 1. The molecule has 1 atom stereocenters. The van der Waals surface area contributed by atoms with Crippen LogP contribution in [0.3, 0.4) is 0 Å². The van der Waals surface area contributed by atoms with Crippen LogP contribution in [0.5, 0.6) is 0 Å². The average Bonchev–Trinajstić information content (AvgIpc) is 3.11. The summed E-state index contributed by atoms with van der Waals surface area (Å²) in [6.45, 7) is 7.48. The SMILES string of the molecule is CC(C)c1cc(C(=O)NCc2cnc([C@@]3(C)CCCCO3)nc2)cs1. The van der Waals surface area contributed by atoms with Crippen LogP contribution in [0.4, 0.5) is 0 Å². The number of amides is 1. The van der Waals surface area contributed by atoms with Crippen LogP contribution in [0.1, 0.15) is 72.6 Å². The standard InChI is InChI=1S/C19H25N3O2S/c1-13(2)16-8-15(12-25-16)17(23)20-9-14-10-21-18(22-11-14)19(3)6-4-5-7-24-19/h8,10-13H,4-7,9H2,1-3H3,(H,20,23)/t19-/m1/s1. The number of nitrogens with one attached hydrogen (secondary N) is 1. The Hall–Kier alpha value is -1.79. The van der Waals surface area contributed by atoms with Crippen LogP contribution in [0.25, 0.3) is 0 Å². The lowest BCUT2D eigenvalue weighted by atomic mass is 9.95. The second-order valence-corrected chi connectivity index (χ2v) is 7.97. The number of nitrogens with zero attached hydrogens (tertiary/aromatic N) is 2. The van der Waals surface area contributed by atoms with E-state index in [1.807, 2.05) is 18.4 Å². The Morgan fingerprint density at radius 3 is 2.72 bits per heavy atom. The molecule has 1 amide bonds. The van der Waals surface area contributed by atoms with Crippen LogP contribution in [-0.2, 0) is 16.9 Å². The number of ether oxygens (including phenoxy) is 1. The Morgan fingerprint density at radius 2 is 2.12 bits per heavy atom. The molecule has 0 saturated carbocycles. The molecule has 3 rings (SSSR count). The van der Waals surface area contributed by atoms with Gasteiger partial charge in [0.25, 0.3) is 5.91 Å². The van der Waals surface area contributed by atoms with Gasteiger partial charge in [-0.25, -0.2) is 9.97 Å². The van der Waals surface area contributed by atoms with Crippen LogP contribution in [0, 0.1) is 0 Å². The molecular weight excluding hydrogens is 334 g/mol. The number of carbonyl (C=O) groups is 1. The van der Waals surface area contributed by atoms with Crippen molar-refractivity contribution in [2.75, 3.05) is 6.61 Å². The Labute approximate surface area is 152 Å². The summed E-state index contributed by atoms with van der Waals surface area (Å²) in [5, 5.41) is 4.84. The second-order valence-electron chi connectivity index (χ2n) is 7.03. The first kappa shape index (κ1) is 18.0.